The van der Waals surface area contributed by atoms with Crippen molar-refractivity contribution in [2.45, 2.75) is 37.0 Å². The van der Waals surface area contributed by atoms with Gasteiger partial charge in [0.1, 0.15) is 0 Å². The molecule has 1 aliphatic heterocycles. The number of hydrogen-bond acceptors (Lipinski definition) is 4. The summed E-state index contributed by atoms with van der Waals surface area (Å²) in [6.45, 7) is 1.66. The first-order valence-electron chi connectivity index (χ1n) is 8.46. The molecule has 0 bridgehead atoms. The number of sulfonamides is 1. The summed E-state index contributed by atoms with van der Waals surface area (Å²) in [5, 5.41) is 12.1. The lowest BCUT2D eigenvalue weighted by Crippen LogP contribution is -2.35. The van der Waals surface area contributed by atoms with Crippen molar-refractivity contribution in [2.75, 3.05) is 26.2 Å². The second kappa shape index (κ2) is 6.82. The monoisotopic (exact) mass is 352 g/mol. The van der Waals surface area contributed by atoms with Crippen molar-refractivity contribution in [2.24, 2.45) is 5.41 Å². The second-order valence-electron chi connectivity index (χ2n) is 6.83. The first-order chi connectivity index (χ1) is 11.5. The van der Waals surface area contributed by atoms with Gasteiger partial charge in [-0.1, -0.05) is 6.42 Å². The summed E-state index contributed by atoms with van der Waals surface area (Å²) in [5.74, 6) is -0.239. The fourth-order valence-electron chi connectivity index (χ4n) is 2.97. The van der Waals surface area contributed by atoms with Gasteiger partial charge in [0.15, 0.2) is 0 Å². The molecule has 0 unspecified atom stereocenters. The van der Waals surface area contributed by atoms with Crippen LogP contribution in [0.3, 0.4) is 0 Å². The predicted molar refractivity (Wildman–Crippen MR) is 90.1 cm³/mol. The highest BCUT2D eigenvalue weighted by molar-refractivity contribution is 7.89. The van der Waals surface area contributed by atoms with Crippen molar-refractivity contribution in [3.8, 4) is 0 Å². The molecule has 7 heteroatoms. The lowest BCUT2D eigenvalue weighted by Gasteiger charge is -2.25. The maximum atomic E-state index is 12.6. The molecule has 1 aromatic rings. The minimum atomic E-state index is -3.47. The van der Waals surface area contributed by atoms with E-state index in [-0.39, 0.29) is 22.8 Å². The first-order valence-corrected chi connectivity index (χ1v) is 9.90. The van der Waals surface area contributed by atoms with Gasteiger partial charge in [-0.05, 0) is 49.9 Å². The van der Waals surface area contributed by atoms with Crippen molar-refractivity contribution in [3.63, 3.8) is 0 Å². The van der Waals surface area contributed by atoms with E-state index in [4.69, 9.17) is 0 Å². The number of carbonyl (C=O) groups is 1. The molecule has 132 valence electrons. The van der Waals surface area contributed by atoms with Crippen LogP contribution in [-0.2, 0) is 10.0 Å². The smallest absolute Gasteiger partial charge is 0.251 e. The Morgan fingerprint density at radius 3 is 2.29 bits per heavy atom. The highest BCUT2D eigenvalue weighted by Gasteiger charge is 2.42. The number of nitrogens with one attached hydrogen (secondary N) is 1. The summed E-state index contributed by atoms with van der Waals surface area (Å²) in [6.07, 6.45) is 4.71. The molecule has 1 amide bonds. The number of amides is 1. The Balaban J connectivity index is 1.65. The van der Waals surface area contributed by atoms with Gasteiger partial charge in [-0.2, -0.15) is 4.31 Å². The minimum absolute atomic E-state index is 0.0836. The Morgan fingerprint density at radius 2 is 1.75 bits per heavy atom. The fraction of sp³-hybridized carbons (Fsp3) is 0.588. The van der Waals surface area contributed by atoms with E-state index in [1.165, 1.54) is 16.4 Å². The molecule has 6 nitrogen and oxygen atoms in total. The number of aliphatic hydroxyl groups excluding tert-OH is 1. The van der Waals surface area contributed by atoms with Crippen LogP contribution in [0.15, 0.2) is 29.2 Å². The molecular weight excluding hydrogens is 328 g/mol. The molecule has 1 saturated carbocycles. The van der Waals surface area contributed by atoms with E-state index in [1.54, 1.807) is 12.1 Å². The largest absolute Gasteiger partial charge is 0.396 e. The van der Waals surface area contributed by atoms with E-state index >= 15 is 0 Å². The van der Waals surface area contributed by atoms with Gasteiger partial charge in [-0.15, -0.1) is 0 Å². The van der Waals surface area contributed by atoms with Crippen molar-refractivity contribution in [1.82, 2.24) is 9.62 Å². The van der Waals surface area contributed by atoms with Crippen molar-refractivity contribution in [3.05, 3.63) is 29.8 Å². The van der Waals surface area contributed by atoms with Crippen LogP contribution in [0.4, 0.5) is 0 Å². The standard InChI is InChI=1S/C17H24N2O4S/c20-13-17(8-9-17)12-18-16(21)14-4-6-15(7-5-14)24(22,23)19-10-2-1-3-11-19/h4-7,20H,1-3,8-13H2,(H,18,21). The molecule has 1 heterocycles. The van der Waals surface area contributed by atoms with Crippen molar-refractivity contribution < 1.29 is 18.3 Å². The molecule has 1 saturated heterocycles. The SMILES string of the molecule is O=C(NCC1(CO)CC1)c1ccc(S(=O)(=O)N2CCCCC2)cc1. The Hall–Kier alpha value is -1.44. The van der Waals surface area contributed by atoms with Gasteiger partial charge in [0.2, 0.25) is 10.0 Å². The van der Waals surface area contributed by atoms with E-state index in [1.807, 2.05) is 0 Å². The number of rotatable bonds is 6. The number of carbonyl (C=O) groups excluding carboxylic acids is 1. The number of hydrogen-bond donors (Lipinski definition) is 2. The molecule has 3 rings (SSSR count). The highest BCUT2D eigenvalue weighted by Crippen LogP contribution is 2.44. The minimum Gasteiger partial charge on any atom is -0.396 e. The summed E-state index contributed by atoms with van der Waals surface area (Å²) in [5.41, 5.74) is 0.286. The molecule has 0 spiro atoms. The van der Waals surface area contributed by atoms with Gasteiger partial charge in [0.25, 0.3) is 5.91 Å². The van der Waals surface area contributed by atoms with Gasteiger partial charge in [0, 0.05) is 30.6 Å². The summed E-state index contributed by atoms with van der Waals surface area (Å²) in [7, 11) is -3.47. The topological polar surface area (TPSA) is 86.7 Å². The van der Waals surface area contributed by atoms with Crippen molar-refractivity contribution >= 4 is 15.9 Å². The predicted octanol–water partition coefficient (Wildman–Crippen LogP) is 1.36. The first kappa shape index (κ1) is 17.4. The quantitative estimate of drug-likeness (QED) is 0.809. The van der Waals surface area contributed by atoms with Gasteiger partial charge < -0.3 is 10.4 Å². The number of aliphatic hydroxyl groups is 1. The van der Waals surface area contributed by atoms with Gasteiger partial charge in [-0.25, -0.2) is 8.42 Å². The lowest BCUT2D eigenvalue weighted by molar-refractivity contribution is 0.0935. The van der Waals surface area contributed by atoms with E-state index in [2.05, 4.69) is 5.32 Å². The molecule has 0 atom stereocenters. The molecule has 1 aliphatic carbocycles. The Kier molecular flexibility index (Phi) is 4.94. The maximum absolute atomic E-state index is 12.6. The maximum Gasteiger partial charge on any atom is 0.251 e. The van der Waals surface area contributed by atoms with Crippen molar-refractivity contribution in [1.29, 1.82) is 0 Å². The van der Waals surface area contributed by atoms with Crippen LogP contribution in [-0.4, -0.2) is 50.0 Å². The third-order valence-electron chi connectivity index (χ3n) is 4.99. The van der Waals surface area contributed by atoms with E-state index in [9.17, 15) is 18.3 Å². The highest BCUT2D eigenvalue weighted by atomic mass is 32.2. The fourth-order valence-corrected chi connectivity index (χ4v) is 4.49. The molecule has 2 aliphatic rings. The van der Waals surface area contributed by atoms with E-state index in [0.717, 1.165) is 32.1 Å². The zero-order valence-electron chi connectivity index (χ0n) is 13.7. The summed E-state index contributed by atoms with van der Waals surface area (Å²) in [4.78, 5) is 12.4. The number of piperidine rings is 1. The van der Waals surface area contributed by atoms with Crippen LogP contribution < -0.4 is 5.32 Å². The second-order valence-corrected chi connectivity index (χ2v) is 8.77. The van der Waals surface area contributed by atoms with Gasteiger partial charge in [-0.3, -0.25) is 4.79 Å². The normalized spacial score (nSPS) is 20.5. The van der Waals surface area contributed by atoms with Crippen LogP contribution in [0.1, 0.15) is 42.5 Å². The van der Waals surface area contributed by atoms with Crippen LogP contribution in [0.25, 0.3) is 0 Å². The van der Waals surface area contributed by atoms with Gasteiger partial charge in [0.05, 0.1) is 11.5 Å². The zero-order valence-corrected chi connectivity index (χ0v) is 14.5. The molecule has 0 radical (unpaired) electrons. The Bertz CT molecular complexity index is 690. The van der Waals surface area contributed by atoms with Crippen LogP contribution in [0, 0.1) is 5.41 Å². The van der Waals surface area contributed by atoms with Crippen LogP contribution in [0.2, 0.25) is 0 Å². The van der Waals surface area contributed by atoms with Crippen LogP contribution >= 0.6 is 0 Å². The third kappa shape index (κ3) is 3.63. The molecule has 1 aromatic carbocycles. The van der Waals surface area contributed by atoms with Gasteiger partial charge >= 0.3 is 0 Å². The van der Waals surface area contributed by atoms with E-state index in [0.29, 0.717) is 25.2 Å². The lowest BCUT2D eigenvalue weighted by atomic mass is 10.1. The third-order valence-corrected chi connectivity index (χ3v) is 6.90. The molecule has 0 aromatic heterocycles. The van der Waals surface area contributed by atoms with Crippen LogP contribution in [0.5, 0.6) is 0 Å². The average Bonchev–Trinajstić information content (AvgIpc) is 3.41. The van der Waals surface area contributed by atoms with E-state index < -0.39 is 10.0 Å². The molecule has 2 N–H and O–H groups in total. The molecule has 2 fully saturated rings. The zero-order chi connectivity index (χ0) is 17.2. The average molecular weight is 352 g/mol. The summed E-state index contributed by atoms with van der Waals surface area (Å²) >= 11 is 0. The number of nitrogens with zero attached hydrogens (tertiary/aromatic N) is 1. The Morgan fingerprint density at radius 1 is 1.12 bits per heavy atom. The summed E-state index contributed by atoms with van der Waals surface area (Å²) in [6, 6.07) is 6.09. The molecule has 24 heavy (non-hydrogen) atoms. The summed E-state index contributed by atoms with van der Waals surface area (Å²) < 4.78 is 26.7. The molecular formula is C17H24N2O4S. The Labute approximate surface area is 142 Å². The number of benzene rings is 1.